The molecule has 0 bridgehead atoms. The molecule has 0 aliphatic heterocycles. The van der Waals surface area contributed by atoms with Gasteiger partial charge in [-0.05, 0) is 43.1 Å². The van der Waals surface area contributed by atoms with Crippen LogP contribution in [0.2, 0.25) is 5.02 Å². The zero-order valence-corrected chi connectivity index (χ0v) is 11.8. The maximum Gasteiger partial charge on any atom is 0.325 e. The molecule has 0 spiro atoms. The van der Waals surface area contributed by atoms with Crippen molar-refractivity contribution in [1.29, 1.82) is 0 Å². The molecular formula is C14H17ClN2O2. The van der Waals surface area contributed by atoms with E-state index < -0.39 is 0 Å². The summed E-state index contributed by atoms with van der Waals surface area (Å²) in [6.07, 6.45) is 2.72. The zero-order chi connectivity index (χ0) is 14.0. The molecule has 0 saturated carbocycles. The van der Waals surface area contributed by atoms with E-state index in [9.17, 15) is 4.79 Å². The number of nitrogens with two attached hydrogens (primary N) is 1. The van der Waals surface area contributed by atoms with E-state index in [1.807, 2.05) is 29.8 Å². The van der Waals surface area contributed by atoms with Crippen molar-refractivity contribution in [1.82, 2.24) is 4.57 Å². The van der Waals surface area contributed by atoms with Gasteiger partial charge in [0.25, 0.3) is 0 Å². The number of rotatable bonds is 4. The largest absolute Gasteiger partial charge is 0.468 e. The van der Waals surface area contributed by atoms with E-state index >= 15 is 0 Å². The van der Waals surface area contributed by atoms with Crippen LogP contribution in [0.4, 0.5) is 0 Å². The van der Waals surface area contributed by atoms with Gasteiger partial charge < -0.3 is 15.0 Å². The third-order valence-electron chi connectivity index (χ3n) is 3.18. The molecule has 0 radical (unpaired) electrons. The van der Waals surface area contributed by atoms with Gasteiger partial charge in [0.05, 0.1) is 12.6 Å². The topological polar surface area (TPSA) is 57.2 Å². The molecule has 0 aliphatic rings. The van der Waals surface area contributed by atoms with Crippen molar-refractivity contribution < 1.29 is 9.53 Å². The molecule has 0 fully saturated rings. The standard InChI is InChI=1S/C14H17ClN2O2/c1-9-5-11-10(3-4-16)7-17(8-14(18)19-2)13(11)6-12(9)15/h5-7H,3-4,8,16H2,1-2H3. The monoisotopic (exact) mass is 280 g/mol. The Morgan fingerprint density at radius 3 is 2.84 bits per heavy atom. The zero-order valence-electron chi connectivity index (χ0n) is 11.1. The van der Waals surface area contributed by atoms with Gasteiger partial charge in [0, 0.05) is 16.6 Å². The summed E-state index contributed by atoms with van der Waals surface area (Å²) in [5.41, 5.74) is 8.71. The third kappa shape index (κ3) is 2.74. The summed E-state index contributed by atoms with van der Waals surface area (Å²) in [7, 11) is 1.38. The van der Waals surface area contributed by atoms with Crippen molar-refractivity contribution in [3.05, 3.63) is 34.5 Å². The highest BCUT2D eigenvalue weighted by molar-refractivity contribution is 6.32. The van der Waals surface area contributed by atoms with Gasteiger partial charge in [-0.15, -0.1) is 0 Å². The number of halogens is 1. The highest BCUT2D eigenvalue weighted by atomic mass is 35.5. The van der Waals surface area contributed by atoms with Crippen LogP contribution >= 0.6 is 11.6 Å². The van der Waals surface area contributed by atoms with E-state index in [2.05, 4.69) is 0 Å². The first-order valence-corrected chi connectivity index (χ1v) is 6.49. The summed E-state index contributed by atoms with van der Waals surface area (Å²) < 4.78 is 6.57. The molecule has 2 rings (SSSR count). The lowest BCUT2D eigenvalue weighted by Gasteiger charge is -2.05. The van der Waals surface area contributed by atoms with E-state index in [0.29, 0.717) is 11.6 Å². The van der Waals surface area contributed by atoms with Gasteiger partial charge in [0.2, 0.25) is 0 Å². The number of benzene rings is 1. The van der Waals surface area contributed by atoms with Gasteiger partial charge in [-0.1, -0.05) is 11.6 Å². The average molecular weight is 281 g/mol. The van der Waals surface area contributed by atoms with E-state index in [0.717, 1.165) is 28.5 Å². The lowest BCUT2D eigenvalue weighted by molar-refractivity contribution is -0.141. The van der Waals surface area contributed by atoms with Crippen LogP contribution in [0, 0.1) is 6.92 Å². The Kier molecular flexibility index (Phi) is 4.12. The molecule has 2 N–H and O–H groups in total. The average Bonchev–Trinajstić information content (AvgIpc) is 2.69. The first kappa shape index (κ1) is 13.9. The lowest BCUT2D eigenvalue weighted by atomic mass is 10.1. The normalized spacial score (nSPS) is 10.9. The maximum absolute atomic E-state index is 11.4. The fourth-order valence-corrected chi connectivity index (χ4v) is 2.34. The predicted octanol–water partition coefficient (Wildman–Crippen LogP) is 2.28. The molecule has 0 amide bonds. The Morgan fingerprint density at radius 1 is 1.47 bits per heavy atom. The van der Waals surface area contributed by atoms with Crippen molar-refractivity contribution >= 4 is 28.5 Å². The van der Waals surface area contributed by atoms with E-state index in [4.69, 9.17) is 22.1 Å². The van der Waals surface area contributed by atoms with Crippen LogP contribution in [0.15, 0.2) is 18.3 Å². The number of hydrogen-bond acceptors (Lipinski definition) is 3. The number of carbonyl (C=O) groups excluding carboxylic acids is 1. The molecule has 2 aromatic rings. The van der Waals surface area contributed by atoms with E-state index in [1.54, 1.807) is 0 Å². The smallest absolute Gasteiger partial charge is 0.325 e. The second-order valence-corrected chi connectivity index (χ2v) is 4.92. The number of nitrogens with zero attached hydrogens (tertiary/aromatic N) is 1. The number of ether oxygens (including phenoxy) is 1. The maximum atomic E-state index is 11.4. The van der Waals surface area contributed by atoms with Gasteiger partial charge in [-0.3, -0.25) is 4.79 Å². The van der Waals surface area contributed by atoms with Gasteiger partial charge >= 0.3 is 5.97 Å². The Hall–Kier alpha value is -1.52. The van der Waals surface area contributed by atoms with Gasteiger partial charge in [-0.2, -0.15) is 0 Å². The summed E-state index contributed by atoms with van der Waals surface area (Å²) in [4.78, 5) is 11.4. The summed E-state index contributed by atoms with van der Waals surface area (Å²) >= 11 is 6.16. The Morgan fingerprint density at radius 2 is 2.21 bits per heavy atom. The molecule has 4 nitrogen and oxygen atoms in total. The summed E-state index contributed by atoms with van der Waals surface area (Å²) in [5.74, 6) is -0.284. The Labute approximate surface area is 117 Å². The molecule has 19 heavy (non-hydrogen) atoms. The van der Waals surface area contributed by atoms with Crippen molar-refractivity contribution in [2.45, 2.75) is 19.9 Å². The van der Waals surface area contributed by atoms with E-state index in [-0.39, 0.29) is 12.5 Å². The lowest BCUT2D eigenvalue weighted by Crippen LogP contribution is -2.10. The highest BCUT2D eigenvalue weighted by Gasteiger charge is 2.12. The van der Waals surface area contributed by atoms with E-state index in [1.165, 1.54) is 7.11 Å². The molecule has 5 heteroatoms. The Bertz CT molecular complexity index is 619. The van der Waals surface area contributed by atoms with Crippen molar-refractivity contribution in [2.24, 2.45) is 5.73 Å². The van der Waals surface area contributed by atoms with Crippen LogP contribution in [0.3, 0.4) is 0 Å². The van der Waals surface area contributed by atoms with Crippen LogP contribution in [-0.2, 0) is 22.5 Å². The molecule has 102 valence electrons. The molecule has 1 aromatic carbocycles. The van der Waals surface area contributed by atoms with Crippen LogP contribution in [0.5, 0.6) is 0 Å². The summed E-state index contributed by atoms with van der Waals surface area (Å²) in [6, 6.07) is 3.92. The number of fused-ring (bicyclic) bond motifs is 1. The van der Waals surface area contributed by atoms with Crippen molar-refractivity contribution in [3.63, 3.8) is 0 Å². The van der Waals surface area contributed by atoms with Crippen LogP contribution in [0.25, 0.3) is 10.9 Å². The number of carbonyl (C=O) groups is 1. The summed E-state index contributed by atoms with van der Waals surface area (Å²) in [5, 5.41) is 1.78. The first-order valence-electron chi connectivity index (χ1n) is 6.11. The summed E-state index contributed by atoms with van der Waals surface area (Å²) in [6.45, 7) is 2.71. The molecular weight excluding hydrogens is 264 g/mol. The van der Waals surface area contributed by atoms with Crippen molar-refractivity contribution in [3.8, 4) is 0 Å². The Balaban J connectivity index is 2.57. The van der Waals surface area contributed by atoms with Gasteiger partial charge in [0.1, 0.15) is 6.54 Å². The minimum atomic E-state index is -0.284. The molecule has 0 saturated heterocycles. The van der Waals surface area contributed by atoms with Gasteiger partial charge in [-0.25, -0.2) is 0 Å². The van der Waals surface area contributed by atoms with Crippen LogP contribution in [0.1, 0.15) is 11.1 Å². The number of esters is 1. The van der Waals surface area contributed by atoms with Crippen molar-refractivity contribution in [2.75, 3.05) is 13.7 Å². The fraction of sp³-hybridized carbons (Fsp3) is 0.357. The minimum absolute atomic E-state index is 0.178. The van der Waals surface area contributed by atoms with Gasteiger partial charge in [0.15, 0.2) is 0 Å². The van der Waals surface area contributed by atoms with Crippen LogP contribution < -0.4 is 5.73 Å². The number of aryl methyl sites for hydroxylation is 1. The SMILES string of the molecule is COC(=O)Cn1cc(CCN)c2cc(C)c(Cl)cc21. The minimum Gasteiger partial charge on any atom is -0.468 e. The second kappa shape index (κ2) is 5.63. The molecule has 0 atom stereocenters. The number of methoxy groups -OCH3 is 1. The highest BCUT2D eigenvalue weighted by Crippen LogP contribution is 2.28. The number of aromatic nitrogens is 1. The fourth-order valence-electron chi connectivity index (χ4n) is 2.18. The predicted molar refractivity (Wildman–Crippen MR) is 76.5 cm³/mol. The molecule has 0 aliphatic carbocycles. The first-order chi connectivity index (χ1) is 9.06. The molecule has 1 heterocycles. The quantitative estimate of drug-likeness (QED) is 0.874. The third-order valence-corrected chi connectivity index (χ3v) is 3.59. The number of hydrogen-bond donors (Lipinski definition) is 1. The second-order valence-electron chi connectivity index (χ2n) is 4.52. The molecule has 1 aromatic heterocycles. The molecule has 0 unspecified atom stereocenters. The van der Waals surface area contributed by atoms with Crippen LogP contribution in [-0.4, -0.2) is 24.2 Å².